The van der Waals surface area contributed by atoms with E-state index in [0.29, 0.717) is 106 Å². The summed E-state index contributed by atoms with van der Waals surface area (Å²) < 4.78 is 73.1. The molecule has 0 saturated heterocycles. The zero-order chi connectivity index (χ0) is 98.3. The molecule has 21 rings (SSSR count). The normalized spacial score (nSPS) is 10.9. The third-order valence-corrected chi connectivity index (χ3v) is 22.3. The molecule has 32 nitrogen and oxygen atoms in total. The number of aromatic nitrogens is 22. The third kappa shape index (κ3) is 21.5. The SMILES string of the molecule is CC(=O)c1nn(-c2ccnc3c(C(F)(F)F)cccc23)cc1-c1ccc(Cl)cc1Cl.Cc1c(C#N)c(-c2ccco2)nn1-c1cnc2ccccc2n1.Cc1cc(-n2cc(-c3ccncc3)c(-c3ccc(F)cc3)n2)ncn1.N#Cc1cn(-c2cccnc2)nc1-c1ccc([N+](=O)[O-])o1.OCc1c(-c2ccccc2)nn(-c2ccc(Cl)nn2)c1Cl.OCc1c(-c2ccccc2)nn(-c2ccncc2)c1Cl. The van der Waals surface area contributed by atoms with E-state index in [1.54, 1.807) is 131 Å². The van der Waals surface area contributed by atoms with Gasteiger partial charge >= 0.3 is 12.1 Å². The second-order valence-electron chi connectivity index (χ2n) is 29.8. The average molecular weight is 1970 g/mol. The summed E-state index contributed by atoms with van der Waals surface area (Å²) in [7, 11) is 0. The van der Waals surface area contributed by atoms with Crippen molar-refractivity contribution in [1.29, 1.82) is 10.5 Å². The fourth-order valence-electron chi connectivity index (χ4n) is 14.2. The number of halogens is 9. The smallest absolute Gasteiger partial charge is 0.433 e. The molecule has 0 aliphatic carbocycles. The maximum atomic E-state index is 13.4. The molecule has 15 aromatic heterocycles. The van der Waals surface area contributed by atoms with Crippen LogP contribution < -0.4 is 0 Å². The highest BCUT2D eigenvalue weighted by atomic mass is 35.5. The summed E-state index contributed by atoms with van der Waals surface area (Å²) >= 11 is 30.6. The number of carbonyl (C=O) groups is 1. The van der Waals surface area contributed by atoms with Crippen molar-refractivity contribution in [1.82, 2.24) is 109 Å². The van der Waals surface area contributed by atoms with Crippen molar-refractivity contribution >= 4 is 91.6 Å². The monoisotopic (exact) mass is 1970 g/mol. The van der Waals surface area contributed by atoms with Gasteiger partial charge in [0.1, 0.15) is 73.4 Å². The third-order valence-electron chi connectivity index (χ3n) is 20.8. The van der Waals surface area contributed by atoms with Crippen LogP contribution in [-0.2, 0) is 19.4 Å². The summed E-state index contributed by atoms with van der Waals surface area (Å²) in [5.74, 6) is 1.40. The van der Waals surface area contributed by atoms with Crippen molar-refractivity contribution in [2.75, 3.05) is 0 Å². The average Bonchev–Trinajstić information content (AvgIpc) is 1.35. The number of pyridine rings is 4. The van der Waals surface area contributed by atoms with Crippen molar-refractivity contribution in [2.24, 2.45) is 0 Å². The number of hydrogen-bond acceptors (Lipinski definition) is 25. The molecule has 0 saturated carbocycles. The van der Waals surface area contributed by atoms with E-state index < -0.39 is 22.5 Å². The Morgan fingerprint density at radius 1 is 0.514 bits per heavy atom. The summed E-state index contributed by atoms with van der Waals surface area (Å²) in [6.45, 7) is 4.71. The first kappa shape index (κ1) is 95.8. The number of aliphatic hydroxyl groups excluding tert-OH is 2. The van der Waals surface area contributed by atoms with Gasteiger partial charge in [-0.05, 0) is 147 Å². The number of nitriles is 2. The van der Waals surface area contributed by atoms with Crippen LogP contribution in [0.2, 0.25) is 25.5 Å². The van der Waals surface area contributed by atoms with Crippen molar-refractivity contribution < 1.29 is 46.3 Å². The molecule has 0 bridgehead atoms. The van der Waals surface area contributed by atoms with Crippen LogP contribution in [0.1, 0.15) is 56.6 Å². The number of Topliss-reactive ketones (excluding diaryl/α,β-unsaturated/α-hetero) is 1. The fraction of sp³-hybridized carbons (Fsp3) is 0.0606. The molecule has 2 N–H and O–H groups in total. The Morgan fingerprint density at radius 2 is 1.18 bits per heavy atom. The molecule has 21 aromatic rings. The number of alkyl halides is 3. The van der Waals surface area contributed by atoms with Crippen LogP contribution in [0.3, 0.4) is 0 Å². The summed E-state index contributed by atoms with van der Waals surface area (Å²) in [6, 6.07) is 69.7. The molecule has 0 amide bonds. The van der Waals surface area contributed by atoms with Gasteiger partial charge in [0.2, 0.25) is 0 Å². The lowest BCUT2D eigenvalue weighted by atomic mass is 10.0. The van der Waals surface area contributed by atoms with Crippen LogP contribution in [0.15, 0.2) is 320 Å². The molecule has 0 aliphatic rings. The number of para-hydroxylation sites is 3. The number of ketones is 1. The lowest BCUT2D eigenvalue weighted by Crippen LogP contribution is -2.07. The van der Waals surface area contributed by atoms with Crippen LogP contribution in [0, 0.1) is 52.4 Å². The number of fused-ring (bicyclic) bond motifs is 2. The number of nitro groups is 1. The van der Waals surface area contributed by atoms with E-state index in [0.717, 1.165) is 62.0 Å². The number of carbonyl (C=O) groups excluding carboxylic acids is 1. The van der Waals surface area contributed by atoms with Gasteiger partial charge in [0, 0.05) is 129 Å². The van der Waals surface area contributed by atoms with E-state index >= 15 is 0 Å². The molecule has 0 aliphatic heterocycles. The van der Waals surface area contributed by atoms with Gasteiger partial charge in [-0.3, -0.25) is 39.8 Å². The fourth-order valence-corrected chi connectivity index (χ4v) is 15.4. The Labute approximate surface area is 815 Å². The van der Waals surface area contributed by atoms with Gasteiger partial charge in [0.25, 0.3) is 0 Å². The molecule has 41 heteroatoms. The van der Waals surface area contributed by atoms with E-state index in [9.17, 15) is 47.9 Å². The second-order valence-corrected chi connectivity index (χ2v) is 31.7. The molecule has 692 valence electrons. The van der Waals surface area contributed by atoms with E-state index in [4.69, 9.17) is 72.1 Å². The zero-order valence-electron chi connectivity index (χ0n) is 72.9. The van der Waals surface area contributed by atoms with Gasteiger partial charge < -0.3 is 19.0 Å². The van der Waals surface area contributed by atoms with E-state index in [1.807, 2.05) is 141 Å². The summed E-state index contributed by atoms with van der Waals surface area (Å²) in [6.07, 6.45) is 16.4. The van der Waals surface area contributed by atoms with Gasteiger partial charge in [-0.1, -0.05) is 149 Å². The lowest BCUT2D eigenvalue weighted by Gasteiger charge is -2.12. The van der Waals surface area contributed by atoms with Gasteiger partial charge in [-0.25, -0.2) is 47.4 Å². The van der Waals surface area contributed by atoms with Crippen LogP contribution in [-0.4, -0.2) is 130 Å². The number of benzene rings is 6. The number of furan rings is 2. The van der Waals surface area contributed by atoms with Crippen molar-refractivity contribution in [2.45, 2.75) is 40.2 Å². The minimum atomic E-state index is -4.55. The van der Waals surface area contributed by atoms with Gasteiger partial charge in [-0.2, -0.15) is 54.3 Å². The molecule has 140 heavy (non-hydrogen) atoms. The Bertz CT molecular complexity index is 8100. The quantitative estimate of drug-likeness (QED) is 0.0370. The predicted molar refractivity (Wildman–Crippen MR) is 514 cm³/mol. The van der Waals surface area contributed by atoms with Gasteiger partial charge in [0.15, 0.2) is 39.9 Å². The molecule has 0 spiro atoms. The van der Waals surface area contributed by atoms with Gasteiger partial charge in [-0.15, -0.1) is 10.2 Å². The largest absolute Gasteiger partial charge is 0.463 e. The van der Waals surface area contributed by atoms with Gasteiger partial charge in [0.05, 0.1) is 99.2 Å². The van der Waals surface area contributed by atoms with Crippen LogP contribution in [0.4, 0.5) is 23.4 Å². The maximum absolute atomic E-state index is 13.4. The Hall–Kier alpha value is -17.4. The van der Waals surface area contributed by atoms with Crippen LogP contribution in [0.5, 0.6) is 0 Å². The highest BCUT2D eigenvalue weighted by Crippen LogP contribution is 2.41. The molecule has 0 fully saturated rings. The number of rotatable bonds is 17. The molecular weight excluding hydrogens is 1900 g/mol. The number of nitrogens with zero attached hydrogens (tertiary/aromatic N) is 25. The molecule has 15 heterocycles. The van der Waals surface area contributed by atoms with E-state index in [1.165, 1.54) is 88.2 Å². The number of aryl methyl sites for hydroxylation is 1. The summed E-state index contributed by atoms with van der Waals surface area (Å²) in [5.41, 5.74) is 14.2. The molecule has 0 unspecified atom stereocenters. The summed E-state index contributed by atoms with van der Waals surface area (Å²) in [5, 5.41) is 84.8. The van der Waals surface area contributed by atoms with E-state index in [-0.39, 0.29) is 63.6 Å². The minimum absolute atomic E-state index is 0.135. The highest BCUT2D eigenvalue weighted by molar-refractivity contribution is 6.36. The standard InChI is InChI=1S/C21H12Cl2F3N3O.C19H14FN5.C17H11N5O.C15H12ClN3O.C14H10Cl2N4O.C13H7N5O3/c1-11(30)19-15(13-6-5-12(22)9-17(13)23)10-29(28-19)18-7-8-27-20-14(18)3-2-4-16(20)21(24,25)26;1-13-10-18(23-12-22-13)25-11-17(14-6-8-21-9-7-14)19(24-25)15-2-4-16(20)5-3-15;1-11-12(9-18)17(15-7-4-8-23-15)21-22(11)16-10-19-13-5-2-3-6-14(13)20-16;16-15-13(10-20)14(11-4-2-1-3-5-11)18-19(15)12-6-8-17-9-7-12;15-11-6-7-12(18-17-11)20-14(16)10(8-21)13(19-20)9-4-2-1-3-5-9;14-6-9-8-17(10-2-1-5-15-7-10)16-13(9)11-3-4-12(21-11)18(19)20/h2-10H,1H3;2-12H,1H3;2-8,10H,1H3;1-9,20H,10H2;1-7,21H,8H2;1-5,7-8H. The first-order valence-electron chi connectivity index (χ1n) is 41.6. The molecule has 0 radical (unpaired) electrons. The number of aliphatic hydroxyl groups is 2. The van der Waals surface area contributed by atoms with Crippen LogP contribution >= 0.6 is 58.0 Å². The molecule has 6 aromatic carbocycles. The van der Waals surface area contributed by atoms with Crippen molar-refractivity contribution in [3.8, 4) is 126 Å². The predicted octanol–water partition coefficient (Wildman–Crippen LogP) is 22.2. The van der Waals surface area contributed by atoms with E-state index in [2.05, 4.69) is 86.7 Å². The Balaban J connectivity index is 0.000000122. The van der Waals surface area contributed by atoms with Crippen molar-refractivity contribution in [3.05, 3.63) is 398 Å². The Kier molecular flexibility index (Phi) is 29.5. The number of hydrogen-bond donors (Lipinski definition) is 2. The molecule has 0 atom stereocenters. The lowest BCUT2D eigenvalue weighted by molar-refractivity contribution is -0.401. The first-order valence-corrected chi connectivity index (χ1v) is 43.5. The Morgan fingerprint density at radius 3 is 1.80 bits per heavy atom. The maximum Gasteiger partial charge on any atom is 0.433 e. The van der Waals surface area contributed by atoms with Crippen molar-refractivity contribution in [3.63, 3.8) is 0 Å². The highest BCUT2D eigenvalue weighted by Gasteiger charge is 2.34. The minimum Gasteiger partial charge on any atom is -0.463 e. The van der Waals surface area contributed by atoms with Crippen LogP contribution in [0.25, 0.3) is 135 Å². The topological polar surface area (TPSA) is 410 Å². The molecular formula is C99H66Cl5F4N25O7. The zero-order valence-corrected chi connectivity index (χ0v) is 76.7. The second kappa shape index (κ2) is 43.1. The summed E-state index contributed by atoms with van der Waals surface area (Å²) in [4.78, 5) is 55.5. The first-order chi connectivity index (χ1) is 67.8.